The monoisotopic (exact) mass is 407 g/mol. The van der Waals surface area contributed by atoms with Crippen molar-refractivity contribution in [2.24, 2.45) is 5.92 Å². The molecule has 0 amide bonds. The summed E-state index contributed by atoms with van der Waals surface area (Å²) in [6, 6.07) is 19.6. The van der Waals surface area contributed by atoms with E-state index in [4.69, 9.17) is 4.74 Å². The Morgan fingerprint density at radius 2 is 1.73 bits per heavy atom. The second-order valence-electron chi connectivity index (χ2n) is 7.86. The molecule has 3 aromatic rings. The lowest BCUT2D eigenvalue weighted by atomic mass is 9.82. The van der Waals surface area contributed by atoms with E-state index in [-0.39, 0.29) is 29.6 Å². The van der Waals surface area contributed by atoms with Crippen molar-refractivity contribution in [1.82, 2.24) is 10.9 Å². The Balaban J connectivity index is 1.53. The van der Waals surface area contributed by atoms with Crippen LogP contribution in [0.3, 0.4) is 0 Å². The van der Waals surface area contributed by atoms with Gasteiger partial charge in [-0.1, -0.05) is 30.3 Å². The predicted molar refractivity (Wildman–Crippen MR) is 112 cm³/mol. The minimum atomic E-state index is -0.249. The summed E-state index contributed by atoms with van der Waals surface area (Å²) in [5, 5.41) is 0. The van der Waals surface area contributed by atoms with Gasteiger partial charge in [0.1, 0.15) is 17.4 Å². The van der Waals surface area contributed by atoms with Crippen molar-refractivity contribution in [2.45, 2.75) is 18.6 Å². The van der Waals surface area contributed by atoms with E-state index in [1.54, 1.807) is 13.2 Å². The lowest BCUT2D eigenvalue weighted by Crippen LogP contribution is -2.39. The molecular formula is C24H23F2N3O. The summed E-state index contributed by atoms with van der Waals surface area (Å²) in [4.78, 5) is 2.22. The van der Waals surface area contributed by atoms with Gasteiger partial charge in [-0.25, -0.2) is 19.6 Å². The summed E-state index contributed by atoms with van der Waals surface area (Å²) >= 11 is 0. The topological polar surface area (TPSA) is 36.5 Å². The number of halogens is 2. The maximum absolute atomic E-state index is 14.4. The standard InChI is InChI=1S/C24H23F2N3O/c1-30-18-10-11-22-19(12-18)24-20(14-29(22)13-16-4-2-3-5-21(16)26)23(27-28-24)15-6-8-17(25)9-7-15/h2-12,20,23-24,27-28H,13-14H2,1H3. The molecule has 30 heavy (non-hydrogen) atoms. The minimum absolute atomic E-state index is 0.0121. The fourth-order valence-corrected chi connectivity index (χ4v) is 4.64. The highest BCUT2D eigenvalue weighted by atomic mass is 19.1. The van der Waals surface area contributed by atoms with Crippen molar-refractivity contribution >= 4 is 5.69 Å². The van der Waals surface area contributed by atoms with Gasteiger partial charge in [-0.3, -0.25) is 0 Å². The van der Waals surface area contributed by atoms with Gasteiger partial charge in [-0.2, -0.15) is 0 Å². The van der Waals surface area contributed by atoms with Crippen LogP contribution in [0.1, 0.15) is 28.8 Å². The quantitative estimate of drug-likeness (QED) is 0.668. The zero-order valence-electron chi connectivity index (χ0n) is 16.6. The highest BCUT2D eigenvalue weighted by Gasteiger charge is 2.43. The van der Waals surface area contributed by atoms with Gasteiger partial charge in [0, 0.05) is 30.3 Å². The molecule has 0 bridgehead atoms. The van der Waals surface area contributed by atoms with Crippen molar-refractivity contribution in [2.75, 3.05) is 18.6 Å². The summed E-state index contributed by atoms with van der Waals surface area (Å²) in [7, 11) is 1.65. The van der Waals surface area contributed by atoms with E-state index in [0.29, 0.717) is 12.1 Å². The van der Waals surface area contributed by atoms with Gasteiger partial charge in [0.2, 0.25) is 0 Å². The summed E-state index contributed by atoms with van der Waals surface area (Å²) in [5.41, 5.74) is 10.7. The summed E-state index contributed by atoms with van der Waals surface area (Å²) in [5.74, 6) is 0.516. The molecule has 0 spiro atoms. The molecule has 2 N–H and O–H groups in total. The Kier molecular flexibility index (Phi) is 4.89. The number of nitrogens with zero attached hydrogens (tertiary/aromatic N) is 1. The van der Waals surface area contributed by atoms with Crippen LogP contribution in [0.2, 0.25) is 0 Å². The molecule has 4 nitrogen and oxygen atoms in total. The zero-order valence-corrected chi connectivity index (χ0v) is 16.6. The number of hydrogen-bond acceptors (Lipinski definition) is 4. The Bertz CT molecular complexity index is 1060. The third-order valence-corrected chi connectivity index (χ3v) is 6.14. The molecule has 3 atom stereocenters. The molecule has 154 valence electrons. The fraction of sp³-hybridized carbons (Fsp3) is 0.250. The third kappa shape index (κ3) is 3.32. The molecule has 0 aliphatic carbocycles. The smallest absolute Gasteiger partial charge is 0.128 e. The van der Waals surface area contributed by atoms with Crippen LogP contribution >= 0.6 is 0 Å². The molecule has 2 heterocycles. The largest absolute Gasteiger partial charge is 0.497 e. The van der Waals surface area contributed by atoms with Crippen molar-refractivity contribution in [3.05, 3.63) is 95.1 Å². The Morgan fingerprint density at radius 1 is 0.967 bits per heavy atom. The highest BCUT2D eigenvalue weighted by molar-refractivity contribution is 5.61. The average Bonchev–Trinajstić information content (AvgIpc) is 3.19. The molecule has 3 unspecified atom stereocenters. The first kappa shape index (κ1) is 19.0. The number of ether oxygens (including phenoxy) is 1. The summed E-state index contributed by atoms with van der Waals surface area (Å²) < 4.78 is 33.3. The normalized spacial score (nSPS) is 22.5. The molecule has 2 aliphatic rings. The molecular weight excluding hydrogens is 384 g/mol. The summed E-state index contributed by atoms with van der Waals surface area (Å²) in [6.45, 7) is 1.21. The molecule has 2 aliphatic heterocycles. The van der Waals surface area contributed by atoms with Crippen LogP contribution in [0.25, 0.3) is 0 Å². The number of methoxy groups -OCH3 is 1. The van der Waals surface area contributed by atoms with E-state index < -0.39 is 0 Å². The fourth-order valence-electron chi connectivity index (χ4n) is 4.64. The van der Waals surface area contributed by atoms with Crippen molar-refractivity contribution < 1.29 is 13.5 Å². The molecule has 6 heteroatoms. The van der Waals surface area contributed by atoms with E-state index in [9.17, 15) is 8.78 Å². The molecule has 5 rings (SSSR count). The van der Waals surface area contributed by atoms with Gasteiger partial charge in [-0.15, -0.1) is 0 Å². The number of anilines is 1. The molecule has 0 aromatic heterocycles. The summed E-state index contributed by atoms with van der Waals surface area (Å²) in [6.07, 6.45) is 0. The van der Waals surface area contributed by atoms with Crippen LogP contribution in [0.5, 0.6) is 5.75 Å². The molecule has 3 aromatic carbocycles. The highest BCUT2D eigenvalue weighted by Crippen LogP contribution is 2.46. The zero-order chi connectivity index (χ0) is 20.7. The second kappa shape index (κ2) is 7.70. The lowest BCUT2D eigenvalue weighted by molar-refractivity contribution is 0.392. The Labute approximate surface area is 174 Å². The van der Waals surface area contributed by atoms with Crippen LogP contribution in [-0.2, 0) is 6.54 Å². The maximum Gasteiger partial charge on any atom is 0.128 e. The molecule has 1 saturated heterocycles. The molecule has 1 fully saturated rings. The van der Waals surface area contributed by atoms with Gasteiger partial charge in [0.05, 0.1) is 19.2 Å². The predicted octanol–water partition coefficient (Wildman–Crippen LogP) is 4.50. The Morgan fingerprint density at radius 3 is 2.50 bits per heavy atom. The van der Waals surface area contributed by atoms with E-state index >= 15 is 0 Å². The third-order valence-electron chi connectivity index (χ3n) is 6.14. The second-order valence-corrected chi connectivity index (χ2v) is 7.86. The van der Waals surface area contributed by atoms with E-state index in [2.05, 4.69) is 15.8 Å². The number of hydrogen-bond donors (Lipinski definition) is 2. The van der Waals surface area contributed by atoms with Gasteiger partial charge in [-0.05, 0) is 47.5 Å². The number of fused-ring (bicyclic) bond motifs is 3. The first-order valence-electron chi connectivity index (χ1n) is 10.1. The average molecular weight is 407 g/mol. The van der Waals surface area contributed by atoms with E-state index in [0.717, 1.165) is 29.1 Å². The molecule has 0 saturated carbocycles. The first-order valence-corrected chi connectivity index (χ1v) is 10.1. The number of hydrazine groups is 1. The van der Waals surface area contributed by atoms with Gasteiger partial charge >= 0.3 is 0 Å². The van der Waals surface area contributed by atoms with E-state index in [1.165, 1.54) is 18.2 Å². The van der Waals surface area contributed by atoms with Crippen molar-refractivity contribution in [3.63, 3.8) is 0 Å². The lowest BCUT2D eigenvalue weighted by Gasteiger charge is -2.39. The SMILES string of the molecule is COc1ccc2c(c1)C1NNC(c3ccc(F)cc3)C1CN2Cc1ccccc1F. The van der Waals surface area contributed by atoms with Crippen molar-refractivity contribution in [3.8, 4) is 5.75 Å². The molecule has 0 radical (unpaired) electrons. The van der Waals surface area contributed by atoms with Crippen LogP contribution in [0.15, 0.2) is 66.7 Å². The number of nitrogens with one attached hydrogen (secondary N) is 2. The van der Waals surface area contributed by atoms with Crippen LogP contribution in [0, 0.1) is 17.6 Å². The van der Waals surface area contributed by atoms with Crippen LogP contribution in [0.4, 0.5) is 14.5 Å². The van der Waals surface area contributed by atoms with Gasteiger partial charge in [0.25, 0.3) is 0 Å². The number of rotatable bonds is 4. The van der Waals surface area contributed by atoms with Crippen LogP contribution in [-0.4, -0.2) is 13.7 Å². The van der Waals surface area contributed by atoms with Crippen LogP contribution < -0.4 is 20.5 Å². The minimum Gasteiger partial charge on any atom is -0.497 e. The number of benzene rings is 3. The van der Waals surface area contributed by atoms with Gasteiger partial charge < -0.3 is 9.64 Å². The maximum atomic E-state index is 14.4. The Hall–Kier alpha value is -2.96. The van der Waals surface area contributed by atoms with Crippen molar-refractivity contribution in [1.29, 1.82) is 0 Å². The first-order chi connectivity index (χ1) is 14.6. The van der Waals surface area contributed by atoms with Gasteiger partial charge in [0.15, 0.2) is 0 Å². The van der Waals surface area contributed by atoms with E-state index in [1.807, 2.05) is 42.5 Å².